The molecule has 2 rings (SSSR count). The lowest BCUT2D eigenvalue weighted by Crippen LogP contribution is -2.19. The fourth-order valence-corrected chi connectivity index (χ4v) is 1.73. The molecule has 0 aliphatic heterocycles. The van der Waals surface area contributed by atoms with Crippen molar-refractivity contribution in [2.45, 2.75) is 6.04 Å². The molecule has 2 aromatic carbocycles. The third-order valence-electron chi connectivity index (χ3n) is 2.56. The third kappa shape index (κ3) is 3.91. The van der Waals surface area contributed by atoms with Crippen molar-refractivity contribution in [1.29, 1.82) is 0 Å². The smallest absolute Gasteiger partial charge is 0.126 e. The molecule has 0 aliphatic rings. The zero-order valence-corrected chi connectivity index (χ0v) is 10.7. The summed E-state index contributed by atoms with van der Waals surface area (Å²) in [4.78, 5) is 0. The average Bonchev–Trinajstić information content (AvgIpc) is 2.36. The van der Waals surface area contributed by atoms with Gasteiger partial charge in [-0.25, -0.2) is 8.78 Å². The van der Waals surface area contributed by atoms with Crippen LogP contribution in [0.3, 0.4) is 0 Å². The minimum atomic E-state index is -0.656. The lowest BCUT2D eigenvalue weighted by molar-refractivity contribution is 0.290. The van der Waals surface area contributed by atoms with Crippen molar-refractivity contribution < 1.29 is 13.5 Å². The van der Waals surface area contributed by atoms with Gasteiger partial charge in [-0.3, -0.25) is 0 Å². The van der Waals surface area contributed by atoms with Gasteiger partial charge in [0.15, 0.2) is 0 Å². The van der Waals surface area contributed by atoms with Crippen LogP contribution in [0.5, 0.6) is 5.75 Å². The quantitative estimate of drug-likeness (QED) is 0.929. The van der Waals surface area contributed by atoms with Crippen LogP contribution >= 0.6 is 11.6 Å². The van der Waals surface area contributed by atoms with Gasteiger partial charge in [0.25, 0.3) is 0 Å². The molecule has 0 heterocycles. The summed E-state index contributed by atoms with van der Waals surface area (Å²) in [6.45, 7) is 0.116. The van der Waals surface area contributed by atoms with Crippen LogP contribution in [0.1, 0.15) is 11.6 Å². The van der Waals surface area contributed by atoms with E-state index >= 15 is 0 Å². The SMILES string of the molecule is NC(COc1ccc(Cl)cc1)c1cc(F)cc(F)c1. The minimum Gasteiger partial charge on any atom is -0.492 e. The Morgan fingerprint density at radius 3 is 2.21 bits per heavy atom. The molecule has 0 aliphatic carbocycles. The Morgan fingerprint density at radius 1 is 1.05 bits per heavy atom. The molecule has 0 saturated carbocycles. The highest BCUT2D eigenvalue weighted by Crippen LogP contribution is 2.19. The van der Waals surface area contributed by atoms with Crippen molar-refractivity contribution in [3.63, 3.8) is 0 Å². The molecule has 0 fully saturated rings. The van der Waals surface area contributed by atoms with Crippen LogP contribution in [0.15, 0.2) is 42.5 Å². The molecule has 0 amide bonds. The Morgan fingerprint density at radius 2 is 1.63 bits per heavy atom. The number of halogens is 3. The maximum absolute atomic E-state index is 13.0. The van der Waals surface area contributed by atoms with E-state index in [1.54, 1.807) is 24.3 Å². The molecule has 1 unspecified atom stereocenters. The summed E-state index contributed by atoms with van der Waals surface area (Å²) in [5, 5.41) is 0.601. The van der Waals surface area contributed by atoms with E-state index in [2.05, 4.69) is 0 Å². The van der Waals surface area contributed by atoms with Crippen LogP contribution < -0.4 is 10.5 Å². The second kappa shape index (κ2) is 5.99. The molecule has 0 bridgehead atoms. The molecule has 0 saturated heterocycles. The average molecular weight is 284 g/mol. The second-order valence-corrected chi connectivity index (χ2v) is 4.51. The predicted molar refractivity (Wildman–Crippen MR) is 70.2 cm³/mol. The van der Waals surface area contributed by atoms with Gasteiger partial charge in [-0.2, -0.15) is 0 Å². The lowest BCUT2D eigenvalue weighted by atomic mass is 10.1. The summed E-state index contributed by atoms with van der Waals surface area (Å²) in [6, 6.07) is 9.34. The topological polar surface area (TPSA) is 35.2 Å². The van der Waals surface area contributed by atoms with Crippen molar-refractivity contribution >= 4 is 11.6 Å². The van der Waals surface area contributed by atoms with E-state index in [0.717, 1.165) is 6.07 Å². The highest BCUT2D eigenvalue weighted by molar-refractivity contribution is 6.30. The monoisotopic (exact) mass is 283 g/mol. The number of hydrogen-bond donors (Lipinski definition) is 1. The van der Waals surface area contributed by atoms with Gasteiger partial charge in [0.2, 0.25) is 0 Å². The van der Waals surface area contributed by atoms with Gasteiger partial charge in [-0.15, -0.1) is 0 Å². The highest BCUT2D eigenvalue weighted by Gasteiger charge is 2.10. The van der Waals surface area contributed by atoms with Crippen LogP contribution in [0.4, 0.5) is 8.78 Å². The Bertz CT molecular complexity index is 540. The fourth-order valence-electron chi connectivity index (χ4n) is 1.60. The number of hydrogen-bond acceptors (Lipinski definition) is 2. The minimum absolute atomic E-state index is 0.116. The molecule has 19 heavy (non-hydrogen) atoms. The molecule has 2 aromatic rings. The molecule has 0 aromatic heterocycles. The largest absolute Gasteiger partial charge is 0.492 e. The van der Waals surface area contributed by atoms with Crippen molar-refractivity contribution in [2.24, 2.45) is 5.73 Å². The Labute approximate surface area is 114 Å². The normalized spacial score (nSPS) is 12.2. The summed E-state index contributed by atoms with van der Waals surface area (Å²) in [6.07, 6.45) is 0. The first-order valence-corrected chi connectivity index (χ1v) is 6.02. The van der Waals surface area contributed by atoms with Crippen LogP contribution in [0, 0.1) is 11.6 Å². The molecule has 5 heteroatoms. The van der Waals surface area contributed by atoms with E-state index < -0.39 is 17.7 Å². The highest BCUT2D eigenvalue weighted by atomic mass is 35.5. The number of nitrogens with two attached hydrogens (primary N) is 1. The molecule has 1 atom stereocenters. The fraction of sp³-hybridized carbons (Fsp3) is 0.143. The third-order valence-corrected chi connectivity index (χ3v) is 2.81. The van der Waals surface area contributed by atoms with E-state index in [1.165, 1.54) is 12.1 Å². The molecular formula is C14H12ClF2NO. The van der Waals surface area contributed by atoms with Crippen molar-refractivity contribution in [3.05, 3.63) is 64.7 Å². The van der Waals surface area contributed by atoms with Gasteiger partial charge < -0.3 is 10.5 Å². The first kappa shape index (κ1) is 13.8. The zero-order chi connectivity index (χ0) is 13.8. The van der Waals surface area contributed by atoms with E-state index in [0.29, 0.717) is 16.3 Å². The van der Waals surface area contributed by atoms with Gasteiger partial charge in [0.05, 0.1) is 6.04 Å². The summed E-state index contributed by atoms with van der Waals surface area (Å²) in [5.41, 5.74) is 6.18. The zero-order valence-electron chi connectivity index (χ0n) is 9.95. The van der Waals surface area contributed by atoms with Gasteiger partial charge in [-0.1, -0.05) is 11.6 Å². The van der Waals surface area contributed by atoms with Crippen molar-refractivity contribution in [3.8, 4) is 5.75 Å². The molecule has 0 radical (unpaired) electrons. The van der Waals surface area contributed by atoms with Crippen LogP contribution in [-0.2, 0) is 0 Å². The summed E-state index contributed by atoms with van der Waals surface area (Å²) in [7, 11) is 0. The van der Waals surface area contributed by atoms with E-state index in [9.17, 15) is 8.78 Å². The standard InChI is InChI=1S/C14H12ClF2NO/c15-10-1-3-13(4-2-10)19-8-14(18)9-5-11(16)7-12(17)6-9/h1-7,14H,8,18H2. The van der Waals surface area contributed by atoms with Crippen molar-refractivity contribution in [1.82, 2.24) is 0 Å². The Balaban J connectivity index is 2.00. The van der Waals surface area contributed by atoms with Gasteiger partial charge in [-0.05, 0) is 42.0 Å². The molecule has 0 spiro atoms. The van der Waals surface area contributed by atoms with Crippen LogP contribution in [0.2, 0.25) is 5.02 Å². The van der Waals surface area contributed by atoms with E-state index in [1.807, 2.05) is 0 Å². The van der Waals surface area contributed by atoms with E-state index in [-0.39, 0.29) is 6.61 Å². The van der Waals surface area contributed by atoms with Crippen LogP contribution in [0.25, 0.3) is 0 Å². The summed E-state index contributed by atoms with van der Waals surface area (Å²) in [5.74, 6) is -0.717. The Hall–Kier alpha value is -1.65. The number of rotatable bonds is 4. The van der Waals surface area contributed by atoms with Gasteiger partial charge >= 0.3 is 0 Å². The summed E-state index contributed by atoms with van der Waals surface area (Å²) >= 11 is 5.74. The lowest BCUT2D eigenvalue weighted by Gasteiger charge is -2.14. The maximum Gasteiger partial charge on any atom is 0.126 e. The van der Waals surface area contributed by atoms with Gasteiger partial charge in [0.1, 0.15) is 24.0 Å². The first-order valence-electron chi connectivity index (χ1n) is 5.64. The Kier molecular flexibility index (Phi) is 4.35. The maximum atomic E-state index is 13.0. The molecule has 2 N–H and O–H groups in total. The predicted octanol–water partition coefficient (Wildman–Crippen LogP) is 3.70. The van der Waals surface area contributed by atoms with E-state index in [4.69, 9.17) is 22.1 Å². The van der Waals surface area contributed by atoms with Gasteiger partial charge in [0, 0.05) is 11.1 Å². The molecular weight excluding hydrogens is 272 g/mol. The van der Waals surface area contributed by atoms with Crippen molar-refractivity contribution in [2.75, 3.05) is 6.61 Å². The number of ether oxygens (including phenoxy) is 1. The molecule has 100 valence electrons. The number of benzene rings is 2. The molecule has 2 nitrogen and oxygen atoms in total. The first-order chi connectivity index (χ1) is 9.04. The second-order valence-electron chi connectivity index (χ2n) is 4.07. The van der Waals surface area contributed by atoms with Crippen LogP contribution in [-0.4, -0.2) is 6.61 Å². The summed E-state index contributed by atoms with van der Waals surface area (Å²) < 4.78 is 31.5.